The summed E-state index contributed by atoms with van der Waals surface area (Å²) in [5, 5.41) is 0. The van der Waals surface area contributed by atoms with Gasteiger partial charge < -0.3 is 0 Å². The highest BCUT2D eigenvalue weighted by Crippen LogP contribution is 2.33. The molecule has 1 aliphatic carbocycles. The second-order valence-electron chi connectivity index (χ2n) is 6.83. The zero-order valence-electron chi connectivity index (χ0n) is 11.3. The highest BCUT2D eigenvalue weighted by molar-refractivity contribution is 4.72. The van der Waals surface area contributed by atoms with Gasteiger partial charge in [-0.05, 0) is 23.7 Å². The molecule has 2 unspecified atom stereocenters. The summed E-state index contributed by atoms with van der Waals surface area (Å²) in [6.45, 7) is 9.54. The van der Waals surface area contributed by atoms with Crippen LogP contribution in [0.25, 0.3) is 0 Å². The third-order valence-electron chi connectivity index (χ3n) is 4.04. The molecule has 0 heteroatoms. The molecule has 2 atom stereocenters. The lowest BCUT2D eigenvalue weighted by atomic mass is 9.77. The lowest BCUT2D eigenvalue weighted by molar-refractivity contribution is 0.232. The van der Waals surface area contributed by atoms with Gasteiger partial charge in [-0.25, -0.2) is 0 Å². The van der Waals surface area contributed by atoms with Crippen LogP contribution >= 0.6 is 0 Å². The van der Waals surface area contributed by atoms with Crippen LogP contribution in [0, 0.1) is 17.3 Å². The first-order valence-electron chi connectivity index (χ1n) is 6.99. The fourth-order valence-electron chi connectivity index (χ4n) is 2.88. The minimum Gasteiger partial charge on any atom is -0.0622 e. The normalized spacial score (nSPS) is 28.0. The Hall–Kier alpha value is 0. The largest absolute Gasteiger partial charge is 0.0622 e. The summed E-state index contributed by atoms with van der Waals surface area (Å²) in [6.07, 6.45) is 11.8. The molecular weight excluding hydrogens is 180 g/mol. The maximum Gasteiger partial charge on any atom is -0.0383 e. The van der Waals surface area contributed by atoms with Crippen LogP contribution in [0.15, 0.2) is 0 Å². The number of rotatable bonds is 4. The minimum atomic E-state index is 0.540. The summed E-state index contributed by atoms with van der Waals surface area (Å²) < 4.78 is 0. The Bertz CT molecular complexity index is 163. The fourth-order valence-corrected chi connectivity index (χ4v) is 2.88. The van der Waals surface area contributed by atoms with E-state index in [1.807, 2.05) is 0 Å². The van der Waals surface area contributed by atoms with Gasteiger partial charge in [0.25, 0.3) is 0 Å². The molecule has 0 spiro atoms. The van der Waals surface area contributed by atoms with Gasteiger partial charge in [-0.3, -0.25) is 0 Å². The topological polar surface area (TPSA) is 0 Å². The van der Waals surface area contributed by atoms with Crippen molar-refractivity contribution in [2.45, 2.75) is 79.1 Å². The molecule has 0 bridgehead atoms. The van der Waals surface area contributed by atoms with Crippen LogP contribution in [-0.2, 0) is 0 Å². The summed E-state index contributed by atoms with van der Waals surface area (Å²) in [5.41, 5.74) is 0.540. The molecule has 0 aromatic carbocycles. The number of hydrogen-bond acceptors (Lipinski definition) is 0. The molecule has 0 radical (unpaired) electrons. The molecule has 0 aromatic rings. The van der Waals surface area contributed by atoms with Gasteiger partial charge in [-0.1, -0.05) is 72.6 Å². The van der Waals surface area contributed by atoms with Gasteiger partial charge in [-0.15, -0.1) is 0 Å². The lowest BCUT2D eigenvalue weighted by Gasteiger charge is -2.29. The van der Waals surface area contributed by atoms with Gasteiger partial charge in [-0.2, -0.15) is 0 Å². The Morgan fingerprint density at radius 2 is 1.67 bits per heavy atom. The fraction of sp³-hybridized carbons (Fsp3) is 1.00. The van der Waals surface area contributed by atoms with Crippen molar-refractivity contribution in [3.8, 4) is 0 Å². The molecule has 15 heavy (non-hydrogen) atoms. The molecule has 0 amide bonds. The average molecular weight is 210 g/mol. The first-order valence-corrected chi connectivity index (χ1v) is 6.99. The summed E-state index contributed by atoms with van der Waals surface area (Å²) in [6, 6.07) is 0. The van der Waals surface area contributed by atoms with Gasteiger partial charge in [0, 0.05) is 0 Å². The van der Waals surface area contributed by atoms with Crippen molar-refractivity contribution in [2.75, 3.05) is 0 Å². The Balaban J connectivity index is 2.08. The maximum absolute atomic E-state index is 2.47. The SMILES string of the molecule is CC1CCCCC1CCCCC(C)(C)C. The van der Waals surface area contributed by atoms with Crippen molar-refractivity contribution in [1.29, 1.82) is 0 Å². The van der Waals surface area contributed by atoms with E-state index < -0.39 is 0 Å². The molecule has 0 saturated heterocycles. The predicted octanol–water partition coefficient (Wildman–Crippen LogP) is 5.42. The van der Waals surface area contributed by atoms with E-state index in [1.165, 1.54) is 51.4 Å². The van der Waals surface area contributed by atoms with Crippen LogP contribution in [0.2, 0.25) is 0 Å². The van der Waals surface area contributed by atoms with E-state index in [9.17, 15) is 0 Å². The van der Waals surface area contributed by atoms with Crippen molar-refractivity contribution < 1.29 is 0 Å². The smallest absolute Gasteiger partial charge is 0.0383 e. The van der Waals surface area contributed by atoms with Crippen LogP contribution in [-0.4, -0.2) is 0 Å². The van der Waals surface area contributed by atoms with Crippen molar-refractivity contribution in [1.82, 2.24) is 0 Å². The van der Waals surface area contributed by atoms with E-state index in [-0.39, 0.29) is 0 Å². The molecule has 90 valence electrons. The summed E-state index contributed by atoms with van der Waals surface area (Å²) in [7, 11) is 0. The van der Waals surface area contributed by atoms with Crippen molar-refractivity contribution in [2.24, 2.45) is 17.3 Å². The summed E-state index contributed by atoms with van der Waals surface area (Å²) >= 11 is 0. The quantitative estimate of drug-likeness (QED) is 0.544. The van der Waals surface area contributed by atoms with E-state index in [0.29, 0.717) is 5.41 Å². The monoisotopic (exact) mass is 210 g/mol. The number of hydrogen-bond donors (Lipinski definition) is 0. The molecule has 1 fully saturated rings. The van der Waals surface area contributed by atoms with Crippen molar-refractivity contribution in [3.63, 3.8) is 0 Å². The standard InChI is InChI=1S/C15H30/c1-13-9-5-6-10-14(13)11-7-8-12-15(2,3)4/h13-14H,5-12H2,1-4H3. The molecule has 0 N–H and O–H groups in total. The van der Waals surface area contributed by atoms with Crippen LogP contribution in [0.5, 0.6) is 0 Å². The highest BCUT2D eigenvalue weighted by Gasteiger charge is 2.20. The van der Waals surface area contributed by atoms with Crippen LogP contribution in [0.1, 0.15) is 79.1 Å². The van der Waals surface area contributed by atoms with E-state index in [1.54, 1.807) is 0 Å². The van der Waals surface area contributed by atoms with E-state index in [2.05, 4.69) is 27.7 Å². The van der Waals surface area contributed by atoms with Crippen LogP contribution in [0.3, 0.4) is 0 Å². The van der Waals surface area contributed by atoms with Gasteiger partial charge >= 0.3 is 0 Å². The zero-order chi connectivity index (χ0) is 11.3. The lowest BCUT2D eigenvalue weighted by Crippen LogP contribution is -2.16. The second kappa shape index (κ2) is 5.92. The Morgan fingerprint density at radius 1 is 1.00 bits per heavy atom. The second-order valence-corrected chi connectivity index (χ2v) is 6.83. The molecule has 1 saturated carbocycles. The van der Waals surface area contributed by atoms with E-state index in [4.69, 9.17) is 0 Å². The van der Waals surface area contributed by atoms with Crippen molar-refractivity contribution >= 4 is 0 Å². The molecule has 0 aliphatic heterocycles. The van der Waals surface area contributed by atoms with Crippen LogP contribution in [0.4, 0.5) is 0 Å². The number of unbranched alkanes of at least 4 members (excludes halogenated alkanes) is 1. The summed E-state index contributed by atoms with van der Waals surface area (Å²) in [4.78, 5) is 0. The molecule has 0 nitrogen and oxygen atoms in total. The van der Waals surface area contributed by atoms with E-state index in [0.717, 1.165) is 11.8 Å². The third kappa shape index (κ3) is 5.58. The Kier molecular flexibility index (Phi) is 5.15. The zero-order valence-corrected chi connectivity index (χ0v) is 11.3. The third-order valence-corrected chi connectivity index (χ3v) is 4.04. The summed E-state index contributed by atoms with van der Waals surface area (Å²) in [5.74, 6) is 2.06. The van der Waals surface area contributed by atoms with E-state index >= 15 is 0 Å². The molecule has 0 aromatic heterocycles. The van der Waals surface area contributed by atoms with Crippen LogP contribution < -0.4 is 0 Å². The van der Waals surface area contributed by atoms with Gasteiger partial charge in [0.05, 0.1) is 0 Å². The molecule has 1 rings (SSSR count). The molecule has 1 aliphatic rings. The van der Waals surface area contributed by atoms with Crippen molar-refractivity contribution in [3.05, 3.63) is 0 Å². The Morgan fingerprint density at radius 3 is 2.27 bits per heavy atom. The Labute approximate surface area is 96.8 Å². The first-order chi connectivity index (χ1) is 6.99. The minimum absolute atomic E-state index is 0.540. The van der Waals surface area contributed by atoms with Gasteiger partial charge in [0.2, 0.25) is 0 Å². The molecule has 0 heterocycles. The highest BCUT2D eigenvalue weighted by atomic mass is 14.3. The predicted molar refractivity (Wildman–Crippen MR) is 69.0 cm³/mol. The average Bonchev–Trinajstić information content (AvgIpc) is 2.13. The molecular formula is C15H30. The van der Waals surface area contributed by atoms with Gasteiger partial charge in [0.1, 0.15) is 0 Å². The van der Waals surface area contributed by atoms with Gasteiger partial charge in [0.15, 0.2) is 0 Å². The maximum atomic E-state index is 2.47. The first kappa shape index (κ1) is 13.1.